The summed E-state index contributed by atoms with van der Waals surface area (Å²) in [5.74, 6) is 1.53. The number of aromatic nitrogens is 2. The van der Waals surface area contributed by atoms with Crippen molar-refractivity contribution in [1.29, 1.82) is 0 Å². The molecule has 9 heteroatoms. The number of nitrogens with two attached hydrogens (primary N) is 1. The Morgan fingerprint density at radius 3 is 2.76 bits per heavy atom. The molecular formula is C20H31N7OS. The summed E-state index contributed by atoms with van der Waals surface area (Å²) >= 11 is 1.57. The number of hydrogen-bond acceptors (Lipinski definition) is 9. The molecule has 29 heavy (non-hydrogen) atoms. The first-order valence-electron chi connectivity index (χ1n) is 10.0. The molecule has 2 aromatic heterocycles. The Morgan fingerprint density at radius 1 is 1.28 bits per heavy atom. The van der Waals surface area contributed by atoms with Crippen LogP contribution in [0.15, 0.2) is 29.3 Å². The van der Waals surface area contributed by atoms with Gasteiger partial charge in [0.05, 0.1) is 35.2 Å². The number of hydrogen-bond donors (Lipinski definition) is 3. The zero-order valence-electron chi connectivity index (χ0n) is 17.6. The van der Waals surface area contributed by atoms with Crippen molar-refractivity contribution in [1.82, 2.24) is 14.9 Å². The molecule has 2 aliphatic rings. The Bertz CT molecular complexity index is 811. The van der Waals surface area contributed by atoms with E-state index in [9.17, 15) is 0 Å². The molecule has 0 bridgehead atoms. The molecule has 8 nitrogen and oxygen atoms in total. The normalized spacial score (nSPS) is 18.0. The van der Waals surface area contributed by atoms with Gasteiger partial charge in [-0.3, -0.25) is 0 Å². The van der Waals surface area contributed by atoms with Gasteiger partial charge in [0.25, 0.3) is 0 Å². The van der Waals surface area contributed by atoms with Crippen molar-refractivity contribution in [2.75, 3.05) is 55.9 Å². The third-order valence-corrected chi connectivity index (χ3v) is 5.39. The van der Waals surface area contributed by atoms with Crippen LogP contribution in [-0.4, -0.2) is 60.8 Å². The van der Waals surface area contributed by atoms with E-state index >= 15 is 0 Å². The number of nitrogens with zero attached hydrogens (tertiary/aromatic N) is 4. The number of anilines is 4. The first kappa shape index (κ1) is 21.6. The van der Waals surface area contributed by atoms with Crippen molar-refractivity contribution in [3.63, 3.8) is 0 Å². The van der Waals surface area contributed by atoms with Gasteiger partial charge in [-0.1, -0.05) is 25.6 Å². The van der Waals surface area contributed by atoms with E-state index in [1.165, 1.54) is 5.69 Å². The molecule has 2 aromatic rings. The zero-order chi connectivity index (χ0) is 20.8. The number of thioether (sulfide) groups is 1. The molecule has 4 rings (SSSR count). The molecule has 1 fully saturated rings. The summed E-state index contributed by atoms with van der Waals surface area (Å²) < 4.78 is 5.48. The molecule has 0 amide bonds. The summed E-state index contributed by atoms with van der Waals surface area (Å²) in [6, 6.07) is 6.11. The van der Waals surface area contributed by atoms with E-state index in [1.54, 1.807) is 11.8 Å². The smallest absolute Gasteiger partial charge is 0.133 e. The quantitative estimate of drug-likeness (QED) is 0.679. The Labute approximate surface area is 177 Å². The van der Waals surface area contributed by atoms with Gasteiger partial charge in [0.1, 0.15) is 17.1 Å². The van der Waals surface area contributed by atoms with Crippen LogP contribution in [0.5, 0.6) is 0 Å². The second-order valence-corrected chi connectivity index (χ2v) is 8.06. The van der Waals surface area contributed by atoms with Crippen molar-refractivity contribution in [2.24, 2.45) is 5.73 Å². The maximum atomic E-state index is 5.91. The van der Waals surface area contributed by atoms with Crippen LogP contribution >= 0.6 is 11.8 Å². The Hall–Kier alpha value is -2.07. The lowest BCUT2D eigenvalue weighted by Gasteiger charge is -2.31. The predicted molar refractivity (Wildman–Crippen MR) is 121 cm³/mol. The van der Waals surface area contributed by atoms with Gasteiger partial charge in [0, 0.05) is 31.9 Å². The molecule has 158 valence electrons. The fourth-order valence-electron chi connectivity index (χ4n) is 3.24. The Balaban J connectivity index is 0.00000117. The molecule has 4 heterocycles. The van der Waals surface area contributed by atoms with Gasteiger partial charge in [0.15, 0.2) is 0 Å². The van der Waals surface area contributed by atoms with Gasteiger partial charge < -0.3 is 30.9 Å². The van der Waals surface area contributed by atoms with Crippen LogP contribution in [0.4, 0.5) is 23.0 Å². The fraction of sp³-hybridized carbons (Fsp3) is 0.500. The predicted octanol–water partition coefficient (Wildman–Crippen LogP) is 2.90. The zero-order valence-corrected chi connectivity index (χ0v) is 18.4. The van der Waals surface area contributed by atoms with E-state index in [4.69, 9.17) is 15.5 Å². The molecule has 1 saturated heterocycles. The summed E-state index contributed by atoms with van der Waals surface area (Å²) in [5, 5.41) is 6.55. The lowest BCUT2D eigenvalue weighted by atomic mass is 10.2. The highest BCUT2D eigenvalue weighted by molar-refractivity contribution is 8.00. The summed E-state index contributed by atoms with van der Waals surface area (Å²) in [5.41, 5.74) is 9.02. The monoisotopic (exact) mass is 417 g/mol. The van der Waals surface area contributed by atoms with Crippen molar-refractivity contribution >= 4 is 34.8 Å². The van der Waals surface area contributed by atoms with Crippen LogP contribution in [-0.2, 0) is 11.3 Å². The molecular weight excluding hydrogens is 386 g/mol. The van der Waals surface area contributed by atoms with Gasteiger partial charge in [-0.05, 0) is 26.2 Å². The lowest BCUT2D eigenvalue weighted by Crippen LogP contribution is -2.37. The molecule has 0 radical (unpaired) electrons. The lowest BCUT2D eigenvalue weighted by molar-refractivity contribution is 0.122. The molecule has 1 atom stereocenters. The minimum absolute atomic E-state index is 0.116. The van der Waals surface area contributed by atoms with Crippen LogP contribution in [0.1, 0.15) is 19.5 Å². The second-order valence-electron chi connectivity index (χ2n) is 6.87. The second kappa shape index (κ2) is 10.1. The summed E-state index contributed by atoms with van der Waals surface area (Å²) in [4.78, 5) is 14.9. The molecule has 4 N–H and O–H groups in total. The van der Waals surface area contributed by atoms with Crippen LogP contribution in [0.2, 0.25) is 0 Å². The van der Waals surface area contributed by atoms with Crippen LogP contribution < -0.4 is 21.3 Å². The summed E-state index contributed by atoms with van der Waals surface area (Å²) in [6.07, 6.45) is 1.84. The van der Waals surface area contributed by atoms with Crippen molar-refractivity contribution in [2.45, 2.75) is 30.8 Å². The summed E-state index contributed by atoms with van der Waals surface area (Å²) in [6.45, 7) is 8.07. The van der Waals surface area contributed by atoms with Gasteiger partial charge >= 0.3 is 0 Å². The highest BCUT2D eigenvalue weighted by Gasteiger charge is 2.20. The average Bonchev–Trinajstić information content (AvgIpc) is 3.09. The van der Waals surface area contributed by atoms with E-state index in [2.05, 4.69) is 45.6 Å². The number of fused-ring (bicyclic) bond motifs is 1. The van der Waals surface area contributed by atoms with Gasteiger partial charge in [-0.15, -0.1) is 0 Å². The van der Waals surface area contributed by atoms with E-state index in [0.717, 1.165) is 60.8 Å². The molecule has 2 aliphatic heterocycles. The van der Waals surface area contributed by atoms with Crippen molar-refractivity contribution in [3.8, 4) is 0 Å². The van der Waals surface area contributed by atoms with E-state index < -0.39 is 0 Å². The van der Waals surface area contributed by atoms with Gasteiger partial charge in [-0.2, -0.15) is 0 Å². The van der Waals surface area contributed by atoms with Crippen LogP contribution in [0.3, 0.4) is 0 Å². The maximum Gasteiger partial charge on any atom is 0.133 e. The SMILES string of the molecule is CC.CN(C)Cc1nc(Nc2cc3c(cn2)SC(N)N3)ccc1N1CCOCC1. The van der Waals surface area contributed by atoms with Gasteiger partial charge in [-0.25, -0.2) is 9.97 Å². The minimum Gasteiger partial charge on any atom is -0.378 e. The van der Waals surface area contributed by atoms with Crippen LogP contribution in [0.25, 0.3) is 0 Å². The number of nitrogens with one attached hydrogen (secondary N) is 2. The standard InChI is InChI=1S/C18H25N7OS.C2H6/c1-24(2)11-13-14(25-5-7-26-8-6-25)3-4-16(21-13)23-17-9-12-15(10-20-17)27-18(19)22-12;1-2/h3-4,9-10,18,22H,5-8,11,19H2,1-2H3,(H,20,21,23);1-2H3. The van der Waals surface area contributed by atoms with E-state index in [1.807, 2.05) is 32.2 Å². The number of pyridine rings is 2. The molecule has 0 aliphatic carbocycles. The number of ether oxygens (including phenoxy) is 1. The summed E-state index contributed by atoms with van der Waals surface area (Å²) in [7, 11) is 4.11. The first-order chi connectivity index (χ1) is 14.1. The number of morpholine rings is 1. The van der Waals surface area contributed by atoms with Crippen molar-refractivity contribution < 1.29 is 4.74 Å². The molecule has 0 spiro atoms. The maximum absolute atomic E-state index is 5.91. The molecule has 0 aromatic carbocycles. The van der Waals surface area contributed by atoms with Crippen molar-refractivity contribution in [3.05, 3.63) is 30.1 Å². The molecule has 1 unspecified atom stereocenters. The highest BCUT2D eigenvalue weighted by Crippen LogP contribution is 2.37. The third-order valence-electron chi connectivity index (χ3n) is 4.44. The topological polar surface area (TPSA) is 91.6 Å². The number of rotatable bonds is 5. The third kappa shape index (κ3) is 5.51. The molecule has 0 saturated carbocycles. The van der Waals surface area contributed by atoms with Crippen LogP contribution in [0, 0.1) is 0 Å². The average molecular weight is 418 g/mol. The Kier molecular flexibility index (Phi) is 7.54. The highest BCUT2D eigenvalue weighted by atomic mass is 32.2. The van der Waals surface area contributed by atoms with E-state index in [0.29, 0.717) is 0 Å². The largest absolute Gasteiger partial charge is 0.378 e. The van der Waals surface area contributed by atoms with E-state index in [-0.39, 0.29) is 5.50 Å². The minimum atomic E-state index is -0.116. The van der Waals surface area contributed by atoms with Gasteiger partial charge in [0.2, 0.25) is 0 Å². The Morgan fingerprint density at radius 2 is 2.03 bits per heavy atom. The fourth-order valence-corrected chi connectivity index (χ4v) is 4.06. The first-order valence-corrected chi connectivity index (χ1v) is 10.9.